The number of carbonyl (C=O) groups is 1. The van der Waals surface area contributed by atoms with Crippen LogP contribution in [0.15, 0.2) is 47.6 Å². The van der Waals surface area contributed by atoms with Crippen LogP contribution in [0.2, 0.25) is 0 Å². The maximum Gasteiger partial charge on any atom is 0.234 e. The largest absolute Gasteiger partial charge is 0.325 e. The number of rotatable bonds is 4. The van der Waals surface area contributed by atoms with Gasteiger partial charge in [-0.1, -0.05) is 48.2 Å². The predicted octanol–water partition coefficient (Wildman–Crippen LogP) is 4.55. The third-order valence-electron chi connectivity index (χ3n) is 4.77. The van der Waals surface area contributed by atoms with Crippen LogP contribution in [-0.4, -0.2) is 21.6 Å². The predicted molar refractivity (Wildman–Crippen MR) is 107 cm³/mol. The quantitative estimate of drug-likeness (QED) is 0.546. The van der Waals surface area contributed by atoms with Crippen LogP contribution >= 0.6 is 11.8 Å². The fraction of sp³-hybridized carbons (Fsp3) is 0.286. The third-order valence-corrected chi connectivity index (χ3v) is 5.61. The highest BCUT2D eigenvalue weighted by Gasteiger charge is 2.16. The maximum absolute atomic E-state index is 12.4. The van der Waals surface area contributed by atoms with E-state index in [0.29, 0.717) is 10.9 Å². The van der Waals surface area contributed by atoms with Gasteiger partial charge in [-0.25, -0.2) is 9.97 Å². The summed E-state index contributed by atoms with van der Waals surface area (Å²) in [6, 6.07) is 14.0. The number of hydrogen-bond acceptors (Lipinski definition) is 4. The summed E-state index contributed by atoms with van der Waals surface area (Å²) in [5.74, 6) is 0.270. The third kappa shape index (κ3) is 3.58. The SMILES string of the molecule is Cc1nc(SCC(=O)Nc2cccc3ccccc23)nc2c1CCCC2. The number of nitrogens with zero attached hydrogens (tertiary/aromatic N) is 2. The van der Waals surface area contributed by atoms with Gasteiger partial charge in [-0.3, -0.25) is 4.79 Å². The number of thioether (sulfide) groups is 1. The summed E-state index contributed by atoms with van der Waals surface area (Å²) >= 11 is 1.41. The summed E-state index contributed by atoms with van der Waals surface area (Å²) in [6.45, 7) is 2.05. The second-order valence-corrected chi connectivity index (χ2v) is 7.53. The Bertz CT molecular complexity index is 965. The van der Waals surface area contributed by atoms with E-state index in [-0.39, 0.29) is 5.91 Å². The normalized spacial score (nSPS) is 13.4. The molecule has 5 heteroatoms. The number of hydrogen-bond donors (Lipinski definition) is 1. The molecule has 26 heavy (non-hydrogen) atoms. The Morgan fingerprint density at radius 2 is 1.88 bits per heavy atom. The molecule has 0 bridgehead atoms. The number of nitrogens with one attached hydrogen (secondary N) is 1. The van der Waals surface area contributed by atoms with Crippen molar-refractivity contribution in [1.29, 1.82) is 0 Å². The molecule has 1 aliphatic carbocycles. The van der Waals surface area contributed by atoms with Crippen LogP contribution in [0.25, 0.3) is 10.8 Å². The van der Waals surface area contributed by atoms with E-state index in [1.54, 1.807) is 0 Å². The number of aryl methyl sites for hydroxylation is 2. The number of fused-ring (bicyclic) bond motifs is 2. The summed E-state index contributed by atoms with van der Waals surface area (Å²) < 4.78 is 0. The number of aromatic nitrogens is 2. The van der Waals surface area contributed by atoms with Gasteiger partial charge in [-0.05, 0) is 49.6 Å². The summed E-state index contributed by atoms with van der Waals surface area (Å²) in [6.07, 6.45) is 4.51. The van der Waals surface area contributed by atoms with Gasteiger partial charge in [0.25, 0.3) is 0 Å². The Morgan fingerprint density at radius 3 is 2.81 bits per heavy atom. The number of carbonyl (C=O) groups excluding carboxylic acids is 1. The lowest BCUT2D eigenvalue weighted by molar-refractivity contribution is -0.113. The summed E-state index contributed by atoms with van der Waals surface area (Å²) in [4.78, 5) is 21.7. The maximum atomic E-state index is 12.4. The van der Waals surface area contributed by atoms with E-state index < -0.39 is 0 Å². The van der Waals surface area contributed by atoms with Gasteiger partial charge in [0.1, 0.15) is 0 Å². The van der Waals surface area contributed by atoms with Crippen molar-refractivity contribution in [3.63, 3.8) is 0 Å². The second kappa shape index (κ2) is 7.46. The summed E-state index contributed by atoms with van der Waals surface area (Å²) in [7, 11) is 0. The van der Waals surface area contributed by atoms with Crippen molar-refractivity contribution in [3.8, 4) is 0 Å². The lowest BCUT2D eigenvalue weighted by atomic mass is 9.95. The van der Waals surface area contributed by atoms with Gasteiger partial charge < -0.3 is 5.32 Å². The minimum atomic E-state index is -0.0367. The zero-order valence-electron chi connectivity index (χ0n) is 14.8. The zero-order chi connectivity index (χ0) is 17.9. The van der Waals surface area contributed by atoms with E-state index in [0.717, 1.165) is 35.0 Å². The van der Waals surface area contributed by atoms with Gasteiger partial charge in [0.2, 0.25) is 5.91 Å². The van der Waals surface area contributed by atoms with E-state index in [1.165, 1.54) is 35.9 Å². The van der Waals surface area contributed by atoms with Crippen LogP contribution in [0.3, 0.4) is 0 Å². The van der Waals surface area contributed by atoms with Crippen molar-refractivity contribution in [2.45, 2.75) is 37.8 Å². The minimum absolute atomic E-state index is 0.0367. The first kappa shape index (κ1) is 17.0. The Labute approximate surface area is 157 Å². The zero-order valence-corrected chi connectivity index (χ0v) is 15.6. The average Bonchev–Trinajstić information content (AvgIpc) is 2.67. The van der Waals surface area contributed by atoms with Crippen LogP contribution in [0.4, 0.5) is 5.69 Å². The van der Waals surface area contributed by atoms with Crippen LogP contribution in [0.1, 0.15) is 29.8 Å². The lowest BCUT2D eigenvalue weighted by Gasteiger charge is -2.17. The van der Waals surface area contributed by atoms with E-state index in [1.807, 2.05) is 49.4 Å². The van der Waals surface area contributed by atoms with Gasteiger partial charge in [-0.15, -0.1) is 0 Å². The van der Waals surface area contributed by atoms with Crippen molar-refractivity contribution in [2.75, 3.05) is 11.1 Å². The van der Waals surface area contributed by atoms with Crippen LogP contribution in [0.5, 0.6) is 0 Å². The first-order chi connectivity index (χ1) is 12.7. The van der Waals surface area contributed by atoms with E-state index in [2.05, 4.69) is 15.3 Å². The lowest BCUT2D eigenvalue weighted by Crippen LogP contribution is -2.15. The van der Waals surface area contributed by atoms with Gasteiger partial charge in [0.05, 0.1) is 5.75 Å². The average molecular weight is 363 g/mol. The first-order valence-electron chi connectivity index (χ1n) is 8.97. The molecule has 1 aliphatic rings. The topological polar surface area (TPSA) is 54.9 Å². The molecule has 1 aromatic heterocycles. The molecule has 0 saturated heterocycles. The number of benzene rings is 2. The number of amides is 1. The van der Waals surface area contributed by atoms with E-state index >= 15 is 0 Å². The molecule has 4 rings (SSSR count). The number of anilines is 1. The highest BCUT2D eigenvalue weighted by molar-refractivity contribution is 7.99. The molecule has 1 heterocycles. The monoisotopic (exact) mass is 363 g/mol. The second-order valence-electron chi connectivity index (χ2n) is 6.59. The molecule has 0 saturated carbocycles. The van der Waals surface area contributed by atoms with E-state index in [4.69, 9.17) is 0 Å². The Kier molecular flexibility index (Phi) is 4.89. The Hall–Kier alpha value is -2.40. The Morgan fingerprint density at radius 1 is 1.08 bits per heavy atom. The van der Waals surface area contributed by atoms with Crippen molar-refractivity contribution in [1.82, 2.24) is 9.97 Å². The highest BCUT2D eigenvalue weighted by atomic mass is 32.2. The molecule has 0 radical (unpaired) electrons. The molecular weight excluding hydrogens is 342 g/mol. The highest BCUT2D eigenvalue weighted by Crippen LogP contribution is 2.26. The fourth-order valence-corrected chi connectivity index (χ4v) is 4.18. The van der Waals surface area contributed by atoms with Crippen molar-refractivity contribution in [2.24, 2.45) is 0 Å². The molecule has 4 nitrogen and oxygen atoms in total. The molecule has 0 spiro atoms. The Balaban J connectivity index is 1.45. The molecule has 1 N–H and O–H groups in total. The summed E-state index contributed by atoms with van der Waals surface area (Å²) in [5.41, 5.74) is 4.38. The van der Waals surface area contributed by atoms with Crippen molar-refractivity contribution >= 4 is 34.1 Å². The van der Waals surface area contributed by atoms with Crippen LogP contribution in [0, 0.1) is 6.92 Å². The van der Waals surface area contributed by atoms with Crippen molar-refractivity contribution < 1.29 is 4.79 Å². The molecule has 132 valence electrons. The molecule has 3 aromatic rings. The van der Waals surface area contributed by atoms with Gasteiger partial charge in [-0.2, -0.15) is 0 Å². The van der Waals surface area contributed by atoms with Gasteiger partial charge in [0, 0.05) is 22.5 Å². The van der Waals surface area contributed by atoms with Crippen LogP contribution in [-0.2, 0) is 17.6 Å². The van der Waals surface area contributed by atoms with Gasteiger partial charge >= 0.3 is 0 Å². The molecule has 0 aliphatic heterocycles. The van der Waals surface area contributed by atoms with E-state index in [9.17, 15) is 4.79 Å². The summed E-state index contributed by atoms with van der Waals surface area (Å²) in [5, 5.41) is 5.89. The molecular formula is C21H21N3OS. The first-order valence-corrected chi connectivity index (χ1v) is 9.96. The van der Waals surface area contributed by atoms with Crippen LogP contribution < -0.4 is 5.32 Å². The standard InChI is InChI=1S/C21H21N3OS/c1-14-16-9-4-5-11-18(16)24-21(22-14)26-13-20(25)23-19-12-6-8-15-7-2-3-10-17(15)19/h2-3,6-8,10,12H,4-5,9,11,13H2,1H3,(H,23,25). The minimum Gasteiger partial charge on any atom is -0.325 e. The van der Waals surface area contributed by atoms with Gasteiger partial charge in [0.15, 0.2) is 5.16 Å². The molecule has 0 fully saturated rings. The smallest absolute Gasteiger partial charge is 0.234 e. The van der Waals surface area contributed by atoms with Crippen molar-refractivity contribution in [3.05, 3.63) is 59.4 Å². The molecule has 2 aromatic carbocycles. The molecule has 1 amide bonds. The fourth-order valence-electron chi connectivity index (χ4n) is 3.47. The molecule has 0 atom stereocenters. The molecule has 0 unspecified atom stereocenters.